The van der Waals surface area contributed by atoms with E-state index in [2.05, 4.69) is 41.9 Å². The zero-order valence-electron chi connectivity index (χ0n) is 12.4. The molecule has 0 radical (unpaired) electrons. The van der Waals surface area contributed by atoms with Crippen LogP contribution >= 0.6 is 0 Å². The fourth-order valence-corrected chi connectivity index (χ4v) is 2.78. The quantitative estimate of drug-likeness (QED) is 0.854. The van der Waals surface area contributed by atoms with Crippen LogP contribution in [0.15, 0.2) is 24.3 Å². The van der Waals surface area contributed by atoms with Crippen molar-refractivity contribution >= 4 is 0 Å². The van der Waals surface area contributed by atoms with Crippen LogP contribution in [0.1, 0.15) is 50.2 Å². The van der Waals surface area contributed by atoms with Crippen LogP contribution in [0.2, 0.25) is 0 Å². The largest absolute Gasteiger partial charge is 0.395 e. The van der Waals surface area contributed by atoms with Crippen molar-refractivity contribution in [3.8, 4) is 11.8 Å². The summed E-state index contributed by atoms with van der Waals surface area (Å²) in [5.41, 5.74) is 2.42. The molecule has 1 saturated heterocycles. The first-order chi connectivity index (χ1) is 9.81. The van der Waals surface area contributed by atoms with Crippen LogP contribution in [0.4, 0.5) is 0 Å². The van der Waals surface area contributed by atoms with Gasteiger partial charge in [0, 0.05) is 24.6 Å². The van der Waals surface area contributed by atoms with Crippen LogP contribution in [0.3, 0.4) is 0 Å². The number of benzene rings is 1. The minimum absolute atomic E-state index is 0.137. The van der Waals surface area contributed by atoms with Gasteiger partial charge in [0.05, 0.1) is 6.61 Å². The Bertz CT molecular complexity index is 472. The zero-order chi connectivity index (χ0) is 14.2. The maximum absolute atomic E-state index is 8.83. The molecule has 1 N–H and O–H groups in total. The lowest BCUT2D eigenvalue weighted by Crippen LogP contribution is -2.32. The highest BCUT2D eigenvalue weighted by Gasteiger charge is 2.17. The van der Waals surface area contributed by atoms with E-state index in [1.165, 1.54) is 37.8 Å². The second-order valence-electron chi connectivity index (χ2n) is 5.60. The smallest absolute Gasteiger partial charge is 0.0540 e. The predicted molar refractivity (Wildman–Crippen MR) is 83.4 cm³/mol. The second kappa shape index (κ2) is 8.09. The Kier molecular flexibility index (Phi) is 6.11. The van der Waals surface area contributed by atoms with Gasteiger partial charge in [-0.15, -0.1) is 0 Å². The van der Waals surface area contributed by atoms with E-state index in [0.717, 1.165) is 12.1 Å². The number of aliphatic hydroxyl groups is 1. The number of aliphatic hydroxyl groups excluding tert-OH is 1. The van der Waals surface area contributed by atoms with E-state index in [-0.39, 0.29) is 6.61 Å². The summed E-state index contributed by atoms with van der Waals surface area (Å²) in [6.45, 7) is 4.66. The normalized spacial score (nSPS) is 20.0. The van der Waals surface area contributed by atoms with E-state index in [1.807, 2.05) is 6.07 Å². The molecule has 108 valence electrons. The Hall–Kier alpha value is -1.30. The van der Waals surface area contributed by atoms with Gasteiger partial charge in [0.25, 0.3) is 0 Å². The first-order valence-corrected chi connectivity index (χ1v) is 7.73. The molecule has 1 aromatic carbocycles. The van der Waals surface area contributed by atoms with Crippen molar-refractivity contribution < 1.29 is 5.11 Å². The fourth-order valence-electron chi connectivity index (χ4n) is 2.78. The molecule has 0 bridgehead atoms. The van der Waals surface area contributed by atoms with E-state index in [0.29, 0.717) is 12.5 Å². The van der Waals surface area contributed by atoms with E-state index in [9.17, 15) is 0 Å². The van der Waals surface area contributed by atoms with Crippen LogP contribution in [-0.2, 0) is 6.54 Å². The summed E-state index contributed by atoms with van der Waals surface area (Å²) in [5, 5.41) is 8.83. The number of likely N-dealkylation sites (tertiary alicyclic amines) is 1. The third kappa shape index (κ3) is 4.37. The van der Waals surface area contributed by atoms with Crippen LogP contribution < -0.4 is 0 Å². The van der Waals surface area contributed by atoms with Gasteiger partial charge in [-0.25, -0.2) is 0 Å². The molecule has 1 aliphatic heterocycles. The Morgan fingerprint density at radius 3 is 2.95 bits per heavy atom. The third-order valence-corrected chi connectivity index (χ3v) is 4.04. The standard InChI is InChI=1S/C18H25NO/c1-16-9-3-2-7-13-19(16)15-18-12-5-4-10-17(18)11-6-8-14-20/h4-5,10,12,16,20H,2-3,7-9,13-15H2,1H3. The van der Waals surface area contributed by atoms with Crippen molar-refractivity contribution in [2.45, 2.75) is 51.6 Å². The summed E-state index contributed by atoms with van der Waals surface area (Å²) < 4.78 is 0. The van der Waals surface area contributed by atoms with Gasteiger partial charge >= 0.3 is 0 Å². The van der Waals surface area contributed by atoms with Crippen molar-refractivity contribution in [3.63, 3.8) is 0 Å². The molecule has 0 aliphatic carbocycles. The highest BCUT2D eigenvalue weighted by atomic mass is 16.2. The average Bonchev–Trinajstić information content (AvgIpc) is 2.66. The summed E-state index contributed by atoms with van der Waals surface area (Å²) in [4.78, 5) is 2.58. The minimum atomic E-state index is 0.137. The number of hydrogen-bond donors (Lipinski definition) is 1. The first-order valence-electron chi connectivity index (χ1n) is 7.73. The van der Waals surface area contributed by atoms with E-state index >= 15 is 0 Å². The van der Waals surface area contributed by atoms with Gasteiger partial charge in [0.15, 0.2) is 0 Å². The van der Waals surface area contributed by atoms with Crippen LogP contribution in [0.5, 0.6) is 0 Å². The molecule has 1 aliphatic rings. The van der Waals surface area contributed by atoms with Gasteiger partial charge in [-0.3, -0.25) is 4.90 Å². The van der Waals surface area contributed by atoms with E-state index < -0.39 is 0 Å². The summed E-state index contributed by atoms with van der Waals surface area (Å²) >= 11 is 0. The fraction of sp³-hybridized carbons (Fsp3) is 0.556. The molecule has 0 aromatic heterocycles. The number of nitrogens with zero attached hydrogens (tertiary/aromatic N) is 1. The van der Waals surface area contributed by atoms with Gasteiger partial charge in [0.1, 0.15) is 0 Å². The van der Waals surface area contributed by atoms with Crippen molar-refractivity contribution in [1.82, 2.24) is 4.90 Å². The lowest BCUT2D eigenvalue weighted by Gasteiger charge is -2.27. The lowest BCUT2D eigenvalue weighted by atomic mass is 10.1. The maximum Gasteiger partial charge on any atom is 0.0540 e. The topological polar surface area (TPSA) is 23.5 Å². The van der Waals surface area contributed by atoms with Gasteiger partial charge < -0.3 is 5.11 Å². The molecule has 20 heavy (non-hydrogen) atoms. The molecule has 2 rings (SSSR count). The Morgan fingerprint density at radius 2 is 2.10 bits per heavy atom. The summed E-state index contributed by atoms with van der Waals surface area (Å²) in [7, 11) is 0. The van der Waals surface area contributed by atoms with Gasteiger partial charge in [-0.2, -0.15) is 0 Å². The van der Waals surface area contributed by atoms with Crippen LogP contribution in [0, 0.1) is 11.8 Å². The first kappa shape index (κ1) is 15.1. The predicted octanol–water partition coefficient (Wildman–Crippen LogP) is 3.19. The number of hydrogen-bond acceptors (Lipinski definition) is 2. The van der Waals surface area contributed by atoms with Crippen LogP contribution in [-0.4, -0.2) is 29.2 Å². The second-order valence-corrected chi connectivity index (χ2v) is 5.60. The van der Waals surface area contributed by atoms with Gasteiger partial charge in [-0.05, 0) is 37.9 Å². The summed E-state index contributed by atoms with van der Waals surface area (Å²) in [6, 6.07) is 9.06. The third-order valence-electron chi connectivity index (χ3n) is 4.04. The molecule has 0 amide bonds. The molecule has 2 nitrogen and oxygen atoms in total. The van der Waals surface area contributed by atoms with Gasteiger partial charge in [-0.1, -0.05) is 42.9 Å². The van der Waals surface area contributed by atoms with Crippen molar-refractivity contribution in [2.75, 3.05) is 13.2 Å². The molecule has 2 heteroatoms. The number of rotatable bonds is 3. The molecule has 0 spiro atoms. The highest BCUT2D eigenvalue weighted by Crippen LogP contribution is 2.20. The zero-order valence-corrected chi connectivity index (χ0v) is 12.4. The SMILES string of the molecule is CC1CCCCCN1Cc1ccccc1C#CCCO. The average molecular weight is 271 g/mol. The Morgan fingerprint density at radius 1 is 1.25 bits per heavy atom. The van der Waals surface area contributed by atoms with Gasteiger partial charge in [0.2, 0.25) is 0 Å². The molecule has 1 fully saturated rings. The van der Waals surface area contributed by atoms with Crippen LogP contribution in [0.25, 0.3) is 0 Å². The summed E-state index contributed by atoms with van der Waals surface area (Å²) in [6.07, 6.45) is 5.88. The molecule has 1 unspecified atom stereocenters. The van der Waals surface area contributed by atoms with E-state index in [1.54, 1.807) is 0 Å². The minimum Gasteiger partial charge on any atom is -0.395 e. The maximum atomic E-state index is 8.83. The molecule has 1 aromatic rings. The molecular formula is C18H25NO. The highest BCUT2D eigenvalue weighted by molar-refractivity contribution is 5.41. The van der Waals surface area contributed by atoms with Crippen molar-refractivity contribution in [1.29, 1.82) is 0 Å². The van der Waals surface area contributed by atoms with Crippen molar-refractivity contribution in [3.05, 3.63) is 35.4 Å². The monoisotopic (exact) mass is 271 g/mol. The Labute approximate surface area is 122 Å². The Balaban J connectivity index is 2.10. The molecule has 1 atom stereocenters. The summed E-state index contributed by atoms with van der Waals surface area (Å²) in [5.74, 6) is 6.23. The lowest BCUT2D eigenvalue weighted by molar-refractivity contribution is 0.205. The molecule has 0 saturated carbocycles. The molecular weight excluding hydrogens is 246 g/mol. The van der Waals surface area contributed by atoms with Crippen molar-refractivity contribution in [2.24, 2.45) is 0 Å². The van der Waals surface area contributed by atoms with E-state index in [4.69, 9.17) is 5.11 Å². The molecule has 1 heterocycles.